The molecule has 0 radical (unpaired) electrons. The number of allylic oxidation sites excluding steroid dienone is 3. The molecule has 1 N–H and O–H groups in total. The largest absolute Gasteiger partial charge is 0.388 e. The van der Waals surface area contributed by atoms with E-state index in [-0.39, 0.29) is 11.5 Å². The molecule has 1 aliphatic rings. The number of aliphatic hydroxyl groups excluding tert-OH is 1. The second-order valence-corrected chi connectivity index (χ2v) is 5.11. The van der Waals surface area contributed by atoms with Gasteiger partial charge < -0.3 is 5.11 Å². The molecule has 1 unspecified atom stereocenters. The first-order valence-electron chi connectivity index (χ1n) is 5.95. The SMILES string of the molecule is C/C=C(\CC)[C@H](O)C1CC=C(C)C1(C)C. The van der Waals surface area contributed by atoms with Gasteiger partial charge in [0.2, 0.25) is 0 Å². The molecule has 0 saturated carbocycles. The van der Waals surface area contributed by atoms with Crippen molar-refractivity contribution in [3.63, 3.8) is 0 Å². The third-order valence-corrected chi connectivity index (χ3v) is 4.16. The summed E-state index contributed by atoms with van der Waals surface area (Å²) in [4.78, 5) is 0. The van der Waals surface area contributed by atoms with Crippen molar-refractivity contribution >= 4 is 0 Å². The van der Waals surface area contributed by atoms with Crippen molar-refractivity contribution in [2.24, 2.45) is 11.3 Å². The van der Waals surface area contributed by atoms with Gasteiger partial charge in [0.1, 0.15) is 0 Å². The smallest absolute Gasteiger partial charge is 0.0789 e. The monoisotopic (exact) mass is 208 g/mol. The molecule has 2 atom stereocenters. The van der Waals surface area contributed by atoms with Crippen LogP contribution in [0.2, 0.25) is 0 Å². The molecule has 0 aromatic heterocycles. The van der Waals surface area contributed by atoms with Crippen molar-refractivity contribution in [2.45, 2.75) is 53.6 Å². The van der Waals surface area contributed by atoms with E-state index in [4.69, 9.17) is 0 Å². The first kappa shape index (κ1) is 12.5. The van der Waals surface area contributed by atoms with Gasteiger partial charge in [0.15, 0.2) is 0 Å². The van der Waals surface area contributed by atoms with Crippen molar-refractivity contribution in [3.8, 4) is 0 Å². The third kappa shape index (κ3) is 2.17. The lowest BCUT2D eigenvalue weighted by molar-refractivity contribution is 0.0865. The molecule has 0 fully saturated rings. The van der Waals surface area contributed by atoms with E-state index in [2.05, 4.69) is 39.8 Å². The van der Waals surface area contributed by atoms with E-state index in [0.29, 0.717) is 5.92 Å². The fourth-order valence-electron chi connectivity index (χ4n) is 2.52. The quantitative estimate of drug-likeness (QED) is 0.701. The van der Waals surface area contributed by atoms with Gasteiger partial charge in [0.25, 0.3) is 0 Å². The van der Waals surface area contributed by atoms with Crippen molar-refractivity contribution in [2.75, 3.05) is 0 Å². The normalized spacial score (nSPS) is 27.7. The highest BCUT2D eigenvalue weighted by Gasteiger charge is 2.39. The predicted octanol–water partition coefficient (Wildman–Crippen LogP) is 3.70. The van der Waals surface area contributed by atoms with E-state index in [1.54, 1.807) is 0 Å². The molecule has 1 aliphatic carbocycles. The molecule has 15 heavy (non-hydrogen) atoms. The van der Waals surface area contributed by atoms with Crippen LogP contribution in [0.15, 0.2) is 23.3 Å². The van der Waals surface area contributed by atoms with Crippen LogP contribution in [0, 0.1) is 11.3 Å². The minimum absolute atomic E-state index is 0.142. The Morgan fingerprint density at radius 1 is 1.67 bits per heavy atom. The van der Waals surface area contributed by atoms with Crippen LogP contribution in [0.1, 0.15) is 47.5 Å². The van der Waals surface area contributed by atoms with Gasteiger partial charge in [-0.3, -0.25) is 0 Å². The molecular weight excluding hydrogens is 184 g/mol. The van der Waals surface area contributed by atoms with Crippen LogP contribution in [0.4, 0.5) is 0 Å². The molecule has 0 heterocycles. The lowest BCUT2D eigenvalue weighted by Crippen LogP contribution is -2.32. The Morgan fingerprint density at radius 2 is 2.27 bits per heavy atom. The maximum Gasteiger partial charge on any atom is 0.0789 e. The fraction of sp³-hybridized carbons (Fsp3) is 0.714. The van der Waals surface area contributed by atoms with Crippen molar-refractivity contribution in [1.29, 1.82) is 0 Å². The highest BCUT2D eigenvalue weighted by atomic mass is 16.3. The molecule has 0 spiro atoms. The second kappa shape index (κ2) is 4.52. The van der Waals surface area contributed by atoms with E-state index in [9.17, 15) is 5.11 Å². The molecule has 0 aromatic rings. The third-order valence-electron chi connectivity index (χ3n) is 4.16. The Balaban J connectivity index is 2.84. The molecule has 0 aromatic carbocycles. The van der Waals surface area contributed by atoms with Crippen LogP contribution in [-0.4, -0.2) is 11.2 Å². The summed E-state index contributed by atoms with van der Waals surface area (Å²) in [5.74, 6) is 0.351. The van der Waals surface area contributed by atoms with Gasteiger partial charge in [0, 0.05) is 5.92 Å². The minimum atomic E-state index is -0.274. The zero-order valence-electron chi connectivity index (χ0n) is 10.7. The van der Waals surface area contributed by atoms with Crippen LogP contribution in [0.3, 0.4) is 0 Å². The summed E-state index contributed by atoms with van der Waals surface area (Å²) in [5, 5.41) is 10.4. The van der Waals surface area contributed by atoms with Gasteiger partial charge in [-0.1, -0.05) is 38.5 Å². The highest BCUT2D eigenvalue weighted by molar-refractivity contribution is 5.23. The van der Waals surface area contributed by atoms with Crippen LogP contribution >= 0.6 is 0 Å². The summed E-state index contributed by atoms with van der Waals surface area (Å²) in [6.45, 7) is 10.8. The predicted molar refractivity (Wildman–Crippen MR) is 65.7 cm³/mol. The van der Waals surface area contributed by atoms with Gasteiger partial charge in [0.05, 0.1) is 6.10 Å². The van der Waals surface area contributed by atoms with Gasteiger partial charge in [-0.2, -0.15) is 0 Å². The fourth-order valence-corrected chi connectivity index (χ4v) is 2.52. The Labute approximate surface area is 93.9 Å². The van der Waals surface area contributed by atoms with Gasteiger partial charge in [-0.05, 0) is 37.7 Å². The number of rotatable bonds is 3. The summed E-state index contributed by atoms with van der Waals surface area (Å²) in [6, 6.07) is 0. The molecule has 86 valence electrons. The average molecular weight is 208 g/mol. The van der Waals surface area contributed by atoms with Crippen LogP contribution in [0.25, 0.3) is 0 Å². The van der Waals surface area contributed by atoms with E-state index < -0.39 is 0 Å². The van der Waals surface area contributed by atoms with E-state index >= 15 is 0 Å². The Bertz CT molecular complexity index is 284. The molecule has 0 bridgehead atoms. The second-order valence-electron chi connectivity index (χ2n) is 5.11. The Kier molecular flexibility index (Phi) is 3.77. The summed E-state index contributed by atoms with van der Waals surface area (Å²) >= 11 is 0. The van der Waals surface area contributed by atoms with Crippen molar-refractivity contribution < 1.29 is 5.11 Å². The molecule has 0 saturated heterocycles. The van der Waals surface area contributed by atoms with Crippen LogP contribution in [-0.2, 0) is 0 Å². The Morgan fingerprint density at radius 3 is 2.60 bits per heavy atom. The number of aliphatic hydroxyl groups is 1. The maximum atomic E-state index is 10.4. The lowest BCUT2D eigenvalue weighted by Gasteiger charge is -2.34. The van der Waals surface area contributed by atoms with Gasteiger partial charge in [-0.15, -0.1) is 0 Å². The molecule has 1 heteroatoms. The molecule has 1 nitrogen and oxygen atoms in total. The summed E-state index contributed by atoms with van der Waals surface area (Å²) in [7, 11) is 0. The van der Waals surface area contributed by atoms with Gasteiger partial charge in [-0.25, -0.2) is 0 Å². The minimum Gasteiger partial charge on any atom is -0.388 e. The van der Waals surface area contributed by atoms with Crippen LogP contribution < -0.4 is 0 Å². The maximum absolute atomic E-state index is 10.4. The van der Waals surface area contributed by atoms with Crippen molar-refractivity contribution in [3.05, 3.63) is 23.3 Å². The molecule has 0 amide bonds. The Hall–Kier alpha value is -0.560. The van der Waals surface area contributed by atoms with Crippen molar-refractivity contribution in [1.82, 2.24) is 0 Å². The zero-order valence-corrected chi connectivity index (χ0v) is 10.7. The van der Waals surface area contributed by atoms with E-state index in [1.165, 1.54) is 11.1 Å². The van der Waals surface area contributed by atoms with Crippen LogP contribution in [0.5, 0.6) is 0 Å². The average Bonchev–Trinajstić information content (AvgIpc) is 2.44. The molecular formula is C14H24O. The van der Waals surface area contributed by atoms with Gasteiger partial charge >= 0.3 is 0 Å². The molecule has 0 aliphatic heterocycles. The number of hydrogen-bond donors (Lipinski definition) is 1. The zero-order chi connectivity index (χ0) is 11.6. The topological polar surface area (TPSA) is 20.2 Å². The standard InChI is InChI=1S/C14H24O/c1-6-11(7-2)13(15)12-9-8-10(3)14(12,4)5/h6,8,12-13,15H,7,9H2,1-5H3/b11-6+/t12?,13-/m0/s1. The summed E-state index contributed by atoms with van der Waals surface area (Å²) in [5.41, 5.74) is 2.73. The first-order valence-corrected chi connectivity index (χ1v) is 5.95. The van der Waals surface area contributed by atoms with E-state index in [0.717, 1.165) is 12.8 Å². The molecule has 1 rings (SSSR count). The first-order chi connectivity index (χ1) is 6.95. The highest BCUT2D eigenvalue weighted by Crippen LogP contribution is 2.46. The lowest BCUT2D eigenvalue weighted by atomic mass is 9.73. The summed E-state index contributed by atoms with van der Waals surface area (Å²) in [6.07, 6.45) is 6.02. The summed E-state index contributed by atoms with van der Waals surface area (Å²) < 4.78 is 0. The number of hydrogen-bond acceptors (Lipinski definition) is 1. The van der Waals surface area contributed by atoms with E-state index in [1.807, 2.05) is 6.92 Å².